The second kappa shape index (κ2) is 6.58. The van der Waals surface area contributed by atoms with Crippen molar-refractivity contribution in [2.45, 2.75) is 32.6 Å². The Kier molecular flexibility index (Phi) is 4.48. The predicted molar refractivity (Wildman–Crippen MR) is 98.4 cm³/mol. The van der Waals surface area contributed by atoms with E-state index < -0.39 is 0 Å². The van der Waals surface area contributed by atoms with Crippen molar-refractivity contribution in [1.82, 2.24) is 20.2 Å². The van der Waals surface area contributed by atoms with Crippen molar-refractivity contribution < 1.29 is 4.74 Å². The fourth-order valence-corrected chi connectivity index (χ4v) is 2.72. The van der Waals surface area contributed by atoms with Gasteiger partial charge in [-0.05, 0) is 24.1 Å². The second-order valence-corrected chi connectivity index (χ2v) is 7.00. The average Bonchev–Trinajstić information content (AvgIpc) is 2.96. The van der Waals surface area contributed by atoms with Gasteiger partial charge in [0.2, 0.25) is 5.95 Å². The topological polar surface area (TPSA) is 95.7 Å². The minimum Gasteiger partial charge on any atom is -0.497 e. The number of hydrogen-bond acceptors (Lipinski definition) is 5. The number of aromatic nitrogens is 4. The zero-order valence-electron chi connectivity index (χ0n) is 14.9. The molecule has 0 fully saturated rings. The molecule has 132 valence electrons. The van der Waals surface area contributed by atoms with Crippen LogP contribution in [0.3, 0.4) is 0 Å². The van der Waals surface area contributed by atoms with E-state index in [9.17, 15) is 4.79 Å². The number of ether oxygens (including phenoxy) is 1. The monoisotopic (exact) mass is 341 g/mol. The highest BCUT2D eigenvalue weighted by molar-refractivity contribution is 5.84. The van der Waals surface area contributed by atoms with Crippen molar-refractivity contribution >= 4 is 16.9 Å². The van der Waals surface area contributed by atoms with E-state index >= 15 is 0 Å². The molecule has 25 heavy (non-hydrogen) atoms. The van der Waals surface area contributed by atoms with Gasteiger partial charge in [0.05, 0.1) is 7.11 Å². The fourth-order valence-electron chi connectivity index (χ4n) is 2.72. The van der Waals surface area contributed by atoms with E-state index in [1.54, 1.807) is 7.11 Å². The van der Waals surface area contributed by atoms with Gasteiger partial charge in [-0.1, -0.05) is 20.8 Å². The van der Waals surface area contributed by atoms with Gasteiger partial charge >= 0.3 is 0 Å². The van der Waals surface area contributed by atoms with E-state index in [0.717, 1.165) is 23.1 Å². The summed E-state index contributed by atoms with van der Waals surface area (Å²) in [6.45, 7) is 6.44. The van der Waals surface area contributed by atoms with Crippen molar-refractivity contribution in [2.75, 3.05) is 19.0 Å². The lowest BCUT2D eigenvalue weighted by Gasteiger charge is -2.15. The quantitative estimate of drug-likeness (QED) is 0.663. The molecule has 0 aliphatic carbocycles. The van der Waals surface area contributed by atoms with E-state index in [1.165, 1.54) is 5.56 Å². The van der Waals surface area contributed by atoms with Gasteiger partial charge in [0.15, 0.2) is 0 Å². The number of nitrogens with one attached hydrogen (secondary N) is 3. The minimum absolute atomic E-state index is 0.204. The van der Waals surface area contributed by atoms with Crippen LogP contribution in [0.25, 0.3) is 10.9 Å². The standard InChI is InChI=1S/C18H23N5O2/c1-18(2,3)15-16(24)21-17(23-22-15)19-8-7-11-10-20-14-9-12(25-4)5-6-13(11)14/h5-6,9-10,20H,7-8H2,1-4H3,(H2,19,21,23,24). The molecule has 0 spiro atoms. The van der Waals surface area contributed by atoms with Gasteiger partial charge < -0.3 is 15.0 Å². The molecule has 0 unspecified atom stereocenters. The Labute approximate surface area is 145 Å². The molecule has 0 bridgehead atoms. The second-order valence-electron chi connectivity index (χ2n) is 7.00. The molecule has 0 saturated carbocycles. The number of anilines is 1. The van der Waals surface area contributed by atoms with Crippen molar-refractivity contribution in [3.05, 3.63) is 46.0 Å². The molecule has 0 radical (unpaired) electrons. The van der Waals surface area contributed by atoms with Gasteiger partial charge in [0, 0.05) is 35.1 Å². The van der Waals surface area contributed by atoms with Crippen LogP contribution in [0.1, 0.15) is 32.0 Å². The van der Waals surface area contributed by atoms with Crippen molar-refractivity contribution in [3.63, 3.8) is 0 Å². The minimum atomic E-state index is -0.329. The van der Waals surface area contributed by atoms with E-state index in [-0.39, 0.29) is 11.0 Å². The molecular formula is C18H23N5O2. The van der Waals surface area contributed by atoms with Gasteiger partial charge in [-0.15, -0.1) is 10.2 Å². The first-order valence-electron chi connectivity index (χ1n) is 8.24. The number of benzene rings is 1. The Morgan fingerprint density at radius 2 is 2.04 bits per heavy atom. The molecule has 2 heterocycles. The lowest BCUT2D eigenvalue weighted by molar-refractivity contribution is 0.415. The van der Waals surface area contributed by atoms with Crippen LogP contribution < -0.4 is 15.6 Å². The zero-order chi connectivity index (χ0) is 18.0. The maximum absolute atomic E-state index is 12.1. The summed E-state index contributed by atoms with van der Waals surface area (Å²) in [7, 11) is 1.65. The van der Waals surface area contributed by atoms with Crippen LogP contribution in [0.2, 0.25) is 0 Å². The number of H-pyrrole nitrogens is 2. The van der Waals surface area contributed by atoms with Gasteiger partial charge in [-0.3, -0.25) is 9.78 Å². The summed E-state index contributed by atoms with van der Waals surface area (Å²) in [6.07, 6.45) is 2.78. The lowest BCUT2D eigenvalue weighted by Crippen LogP contribution is -2.28. The predicted octanol–water partition coefficient (Wildman–Crippen LogP) is 2.61. The lowest BCUT2D eigenvalue weighted by atomic mass is 9.93. The van der Waals surface area contributed by atoms with Crippen molar-refractivity contribution in [1.29, 1.82) is 0 Å². The average molecular weight is 341 g/mol. The molecule has 3 aromatic rings. The summed E-state index contributed by atoms with van der Waals surface area (Å²) in [6, 6.07) is 5.96. The van der Waals surface area contributed by atoms with E-state index in [1.807, 2.05) is 45.2 Å². The number of hydrogen-bond donors (Lipinski definition) is 3. The first-order valence-corrected chi connectivity index (χ1v) is 8.24. The summed E-state index contributed by atoms with van der Waals surface area (Å²) < 4.78 is 5.23. The molecule has 0 aliphatic heterocycles. The summed E-state index contributed by atoms with van der Waals surface area (Å²) in [5.74, 6) is 1.21. The molecule has 3 rings (SSSR count). The van der Waals surface area contributed by atoms with Crippen LogP contribution in [-0.2, 0) is 11.8 Å². The van der Waals surface area contributed by atoms with Gasteiger partial charge in [0.25, 0.3) is 5.56 Å². The highest BCUT2D eigenvalue weighted by atomic mass is 16.5. The van der Waals surface area contributed by atoms with Gasteiger partial charge in [-0.2, -0.15) is 0 Å². The van der Waals surface area contributed by atoms with Crippen LogP contribution in [0.5, 0.6) is 5.75 Å². The van der Waals surface area contributed by atoms with E-state index in [2.05, 4.69) is 25.5 Å². The highest BCUT2D eigenvalue weighted by Gasteiger charge is 2.20. The third-order valence-electron chi connectivity index (χ3n) is 4.07. The Morgan fingerprint density at radius 3 is 2.72 bits per heavy atom. The maximum atomic E-state index is 12.1. The Morgan fingerprint density at radius 1 is 1.24 bits per heavy atom. The third-order valence-corrected chi connectivity index (χ3v) is 4.07. The number of nitrogens with zero attached hydrogens (tertiary/aromatic N) is 2. The van der Waals surface area contributed by atoms with Crippen molar-refractivity contribution in [3.8, 4) is 5.75 Å². The summed E-state index contributed by atoms with van der Waals surface area (Å²) in [4.78, 5) is 18.1. The number of aromatic amines is 2. The first-order chi connectivity index (χ1) is 11.9. The normalized spacial score (nSPS) is 11.7. The molecule has 7 heteroatoms. The van der Waals surface area contributed by atoms with Crippen LogP contribution >= 0.6 is 0 Å². The summed E-state index contributed by atoms with van der Waals surface area (Å²) in [5.41, 5.74) is 2.13. The maximum Gasteiger partial charge on any atom is 0.274 e. The first kappa shape index (κ1) is 17.0. The Hall–Kier alpha value is -2.83. The number of fused-ring (bicyclic) bond motifs is 1. The SMILES string of the molecule is COc1ccc2c(CCNc3nnc(C(C)(C)C)c(=O)[nH]3)c[nH]c2c1. The van der Waals surface area contributed by atoms with Gasteiger partial charge in [0.1, 0.15) is 11.4 Å². The molecule has 7 nitrogen and oxygen atoms in total. The highest BCUT2D eigenvalue weighted by Crippen LogP contribution is 2.23. The van der Waals surface area contributed by atoms with Crippen LogP contribution in [0.15, 0.2) is 29.2 Å². The van der Waals surface area contributed by atoms with Crippen molar-refractivity contribution in [2.24, 2.45) is 0 Å². The Bertz CT molecular complexity index is 937. The van der Waals surface area contributed by atoms with Crippen LogP contribution in [0.4, 0.5) is 5.95 Å². The van der Waals surface area contributed by atoms with Crippen LogP contribution in [0, 0.1) is 0 Å². The van der Waals surface area contributed by atoms with Gasteiger partial charge in [-0.25, -0.2) is 0 Å². The smallest absolute Gasteiger partial charge is 0.274 e. The van der Waals surface area contributed by atoms with Crippen LogP contribution in [-0.4, -0.2) is 33.8 Å². The number of rotatable bonds is 5. The number of methoxy groups -OCH3 is 1. The molecule has 0 saturated heterocycles. The fraction of sp³-hybridized carbons (Fsp3) is 0.389. The Balaban J connectivity index is 1.67. The molecule has 0 atom stereocenters. The molecule has 3 N–H and O–H groups in total. The summed E-state index contributed by atoms with van der Waals surface area (Å²) in [5, 5.41) is 12.4. The van der Waals surface area contributed by atoms with E-state index in [0.29, 0.717) is 18.2 Å². The molecule has 0 amide bonds. The third kappa shape index (κ3) is 3.65. The molecule has 2 aromatic heterocycles. The summed E-state index contributed by atoms with van der Waals surface area (Å²) >= 11 is 0. The molecule has 1 aromatic carbocycles. The van der Waals surface area contributed by atoms with E-state index in [4.69, 9.17) is 4.74 Å². The molecular weight excluding hydrogens is 318 g/mol. The molecule has 0 aliphatic rings. The largest absolute Gasteiger partial charge is 0.497 e. The zero-order valence-corrected chi connectivity index (χ0v) is 14.9.